The molecule has 0 saturated carbocycles. The number of likely N-dealkylation sites (tertiary alicyclic amines) is 1. The SMILES string of the molecule is CC(C)N(CC(=O)O)C(=O)CN1CCCCCC1=O. The molecule has 0 bridgehead atoms. The molecule has 0 unspecified atom stereocenters. The lowest BCUT2D eigenvalue weighted by atomic mass is 10.2. The Labute approximate surface area is 113 Å². The van der Waals surface area contributed by atoms with Crippen molar-refractivity contribution in [2.24, 2.45) is 0 Å². The second kappa shape index (κ2) is 7.11. The van der Waals surface area contributed by atoms with Gasteiger partial charge in [0.25, 0.3) is 0 Å². The second-order valence-corrected chi connectivity index (χ2v) is 5.14. The van der Waals surface area contributed by atoms with Crippen LogP contribution in [0.4, 0.5) is 0 Å². The molecule has 2 amide bonds. The van der Waals surface area contributed by atoms with Crippen LogP contribution < -0.4 is 0 Å². The highest BCUT2D eigenvalue weighted by atomic mass is 16.4. The van der Waals surface area contributed by atoms with E-state index in [4.69, 9.17) is 5.11 Å². The highest BCUT2D eigenvalue weighted by Gasteiger charge is 2.25. The number of carboxylic acid groups (broad SMARTS) is 1. The molecule has 1 fully saturated rings. The first-order chi connectivity index (χ1) is 8.91. The van der Waals surface area contributed by atoms with Crippen LogP contribution in [0.2, 0.25) is 0 Å². The van der Waals surface area contributed by atoms with Gasteiger partial charge in [-0.1, -0.05) is 6.42 Å². The summed E-state index contributed by atoms with van der Waals surface area (Å²) in [5.41, 5.74) is 0. The average molecular weight is 270 g/mol. The van der Waals surface area contributed by atoms with E-state index >= 15 is 0 Å². The number of hydrogen-bond donors (Lipinski definition) is 1. The first-order valence-corrected chi connectivity index (χ1v) is 6.71. The van der Waals surface area contributed by atoms with Crippen LogP contribution in [0.15, 0.2) is 0 Å². The van der Waals surface area contributed by atoms with Gasteiger partial charge in [0.15, 0.2) is 0 Å². The average Bonchev–Trinajstić information content (AvgIpc) is 2.51. The fraction of sp³-hybridized carbons (Fsp3) is 0.769. The Kier molecular flexibility index (Phi) is 5.79. The van der Waals surface area contributed by atoms with Crippen LogP contribution in [0, 0.1) is 0 Å². The molecule has 6 nitrogen and oxygen atoms in total. The summed E-state index contributed by atoms with van der Waals surface area (Å²) in [6.45, 7) is 3.79. The highest BCUT2D eigenvalue weighted by molar-refractivity contribution is 5.87. The topological polar surface area (TPSA) is 77.9 Å². The summed E-state index contributed by atoms with van der Waals surface area (Å²) in [4.78, 5) is 37.5. The predicted molar refractivity (Wildman–Crippen MR) is 69.5 cm³/mol. The first kappa shape index (κ1) is 15.5. The van der Waals surface area contributed by atoms with Gasteiger partial charge in [-0.3, -0.25) is 14.4 Å². The summed E-state index contributed by atoms with van der Waals surface area (Å²) >= 11 is 0. The van der Waals surface area contributed by atoms with Crippen LogP contribution in [-0.2, 0) is 14.4 Å². The van der Waals surface area contributed by atoms with Crippen molar-refractivity contribution < 1.29 is 19.5 Å². The second-order valence-electron chi connectivity index (χ2n) is 5.14. The van der Waals surface area contributed by atoms with Crippen molar-refractivity contribution in [2.45, 2.75) is 45.6 Å². The lowest BCUT2D eigenvalue weighted by molar-refractivity contribution is -0.147. The number of carbonyl (C=O) groups excluding carboxylic acids is 2. The molecular weight excluding hydrogens is 248 g/mol. The zero-order valence-electron chi connectivity index (χ0n) is 11.6. The molecule has 1 aliphatic rings. The van der Waals surface area contributed by atoms with Gasteiger partial charge < -0.3 is 14.9 Å². The minimum Gasteiger partial charge on any atom is -0.480 e. The van der Waals surface area contributed by atoms with E-state index in [-0.39, 0.29) is 30.9 Å². The molecule has 1 aliphatic heterocycles. The summed E-state index contributed by atoms with van der Waals surface area (Å²) < 4.78 is 0. The van der Waals surface area contributed by atoms with Crippen LogP contribution in [0.3, 0.4) is 0 Å². The number of amides is 2. The lowest BCUT2D eigenvalue weighted by Gasteiger charge is -2.28. The molecule has 1 N–H and O–H groups in total. The molecular formula is C13H22N2O4. The van der Waals surface area contributed by atoms with Crippen molar-refractivity contribution in [3.63, 3.8) is 0 Å². The van der Waals surface area contributed by atoms with Crippen LogP contribution in [0.25, 0.3) is 0 Å². The van der Waals surface area contributed by atoms with Crippen molar-refractivity contribution in [3.05, 3.63) is 0 Å². The van der Waals surface area contributed by atoms with Crippen molar-refractivity contribution in [3.8, 4) is 0 Å². The van der Waals surface area contributed by atoms with E-state index in [1.54, 1.807) is 18.7 Å². The van der Waals surface area contributed by atoms with Gasteiger partial charge in [-0.2, -0.15) is 0 Å². The Hall–Kier alpha value is -1.59. The smallest absolute Gasteiger partial charge is 0.323 e. The number of carbonyl (C=O) groups is 3. The maximum Gasteiger partial charge on any atom is 0.323 e. The van der Waals surface area contributed by atoms with Gasteiger partial charge in [0, 0.05) is 19.0 Å². The van der Waals surface area contributed by atoms with Gasteiger partial charge in [0.1, 0.15) is 6.54 Å². The van der Waals surface area contributed by atoms with E-state index in [1.807, 2.05) is 0 Å². The van der Waals surface area contributed by atoms with Crippen LogP contribution >= 0.6 is 0 Å². The van der Waals surface area contributed by atoms with Gasteiger partial charge in [0.05, 0.1) is 6.54 Å². The zero-order valence-corrected chi connectivity index (χ0v) is 11.6. The Morgan fingerprint density at radius 2 is 2.00 bits per heavy atom. The molecule has 19 heavy (non-hydrogen) atoms. The number of nitrogens with zero attached hydrogens (tertiary/aromatic N) is 2. The minimum atomic E-state index is -1.04. The molecule has 0 aromatic rings. The Bertz CT molecular complexity index is 355. The Morgan fingerprint density at radius 1 is 1.32 bits per heavy atom. The number of carboxylic acids is 1. The van der Waals surface area contributed by atoms with Crippen LogP contribution in [0.5, 0.6) is 0 Å². The molecule has 0 aromatic carbocycles. The van der Waals surface area contributed by atoms with Gasteiger partial charge in [-0.05, 0) is 26.7 Å². The van der Waals surface area contributed by atoms with Gasteiger partial charge in [-0.15, -0.1) is 0 Å². The molecule has 0 radical (unpaired) electrons. The van der Waals surface area contributed by atoms with Crippen LogP contribution in [0.1, 0.15) is 39.5 Å². The van der Waals surface area contributed by atoms with E-state index in [1.165, 1.54) is 4.90 Å². The third-order valence-electron chi connectivity index (χ3n) is 3.25. The third kappa shape index (κ3) is 4.89. The van der Waals surface area contributed by atoms with E-state index in [9.17, 15) is 14.4 Å². The summed E-state index contributed by atoms with van der Waals surface area (Å²) in [6.07, 6.45) is 3.25. The van der Waals surface area contributed by atoms with Crippen molar-refractivity contribution in [1.29, 1.82) is 0 Å². The van der Waals surface area contributed by atoms with E-state index in [2.05, 4.69) is 0 Å². The molecule has 1 heterocycles. The van der Waals surface area contributed by atoms with Gasteiger partial charge in [-0.25, -0.2) is 0 Å². The van der Waals surface area contributed by atoms with Crippen molar-refractivity contribution >= 4 is 17.8 Å². The molecule has 0 aliphatic carbocycles. The fourth-order valence-electron chi connectivity index (χ4n) is 2.16. The highest BCUT2D eigenvalue weighted by Crippen LogP contribution is 2.11. The van der Waals surface area contributed by atoms with Crippen molar-refractivity contribution in [2.75, 3.05) is 19.6 Å². The monoisotopic (exact) mass is 270 g/mol. The lowest BCUT2D eigenvalue weighted by Crippen LogP contribution is -2.47. The normalized spacial score (nSPS) is 16.4. The molecule has 108 valence electrons. The molecule has 0 spiro atoms. The number of rotatable bonds is 5. The van der Waals surface area contributed by atoms with Gasteiger partial charge in [0.2, 0.25) is 11.8 Å². The minimum absolute atomic E-state index is 0.00937. The molecule has 1 rings (SSSR count). The summed E-state index contributed by atoms with van der Waals surface area (Å²) in [7, 11) is 0. The first-order valence-electron chi connectivity index (χ1n) is 6.71. The zero-order chi connectivity index (χ0) is 14.4. The number of hydrogen-bond acceptors (Lipinski definition) is 3. The maximum absolute atomic E-state index is 12.1. The Balaban J connectivity index is 2.64. The third-order valence-corrected chi connectivity index (χ3v) is 3.25. The fourth-order valence-corrected chi connectivity index (χ4v) is 2.16. The predicted octanol–water partition coefficient (Wildman–Crippen LogP) is 0.711. The van der Waals surface area contributed by atoms with E-state index < -0.39 is 5.97 Å². The van der Waals surface area contributed by atoms with E-state index in [0.717, 1.165) is 19.3 Å². The van der Waals surface area contributed by atoms with E-state index in [0.29, 0.717) is 13.0 Å². The summed E-state index contributed by atoms with van der Waals surface area (Å²) in [6, 6.07) is -0.189. The standard InChI is InChI=1S/C13H22N2O4/c1-10(2)15(9-13(18)19)12(17)8-14-7-5-3-4-6-11(14)16/h10H,3-9H2,1-2H3,(H,18,19). The largest absolute Gasteiger partial charge is 0.480 e. The number of aliphatic carboxylic acids is 1. The van der Waals surface area contributed by atoms with Crippen LogP contribution in [-0.4, -0.2) is 58.4 Å². The molecule has 0 atom stereocenters. The maximum atomic E-state index is 12.1. The van der Waals surface area contributed by atoms with Gasteiger partial charge >= 0.3 is 5.97 Å². The molecule has 6 heteroatoms. The summed E-state index contributed by atoms with van der Waals surface area (Å²) in [5.74, 6) is -1.35. The Morgan fingerprint density at radius 3 is 2.58 bits per heavy atom. The summed E-state index contributed by atoms with van der Waals surface area (Å²) in [5, 5.41) is 8.81. The van der Waals surface area contributed by atoms with Crippen molar-refractivity contribution in [1.82, 2.24) is 9.80 Å². The quantitative estimate of drug-likeness (QED) is 0.798. The molecule has 0 aromatic heterocycles. The molecule has 1 saturated heterocycles.